The van der Waals surface area contributed by atoms with Crippen molar-refractivity contribution in [1.82, 2.24) is 10.2 Å². The van der Waals surface area contributed by atoms with Gasteiger partial charge in [0.05, 0.1) is 5.75 Å². The minimum absolute atomic E-state index is 0.0675. The van der Waals surface area contributed by atoms with E-state index >= 15 is 0 Å². The second-order valence-electron chi connectivity index (χ2n) is 6.34. The van der Waals surface area contributed by atoms with E-state index in [1.807, 2.05) is 36.4 Å². The van der Waals surface area contributed by atoms with Crippen LogP contribution in [0.1, 0.15) is 18.1 Å². The van der Waals surface area contributed by atoms with E-state index in [4.69, 9.17) is 23.2 Å². The topological polar surface area (TPSA) is 49.4 Å². The summed E-state index contributed by atoms with van der Waals surface area (Å²) in [5, 5.41) is 3.80. The maximum atomic E-state index is 12.8. The monoisotopic (exact) mass is 438 g/mol. The van der Waals surface area contributed by atoms with Crippen molar-refractivity contribution in [2.24, 2.45) is 0 Å². The fraction of sp³-hybridized carbons (Fsp3) is 0.333. The minimum Gasteiger partial charge on any atom is -0.357 e. The second-order valence-corrected chi connectivity index (χ2v) is 8.17. The van der Waals surface area contributed by atoms with E-state index < -0.39 is 6.04 Å². The molecule has 4 nitrogen and oxygen atoms in total. The zero-order chi connectivity index (χ0) is 20.5. The molecule has 0 aliphatic heterocycles. The quantitative estimate of drug-likeness (QED) is 0.629. The van der Waals surface area contributed by atoms with Crippen LogP contribution in [0.15, 0.2) is 48.5 Å². The molecule has 0 aliphatic carbocycles. The fourth-order valence-electron chi connectivity index (χ4n) is 2.75. The Bertz CT molecular complexity index is 802. The van der Waals surface area contributed by atoms with Crippen LogP contribution < -0.4 is 5.32 Å². The zero-order valence-electron chi connectivity index (χ0n) is 16.0. The normalized spacial score (nSPS) is 11.7. The van der Waals surface area contributed by atoms with Crippen LogP contribution in [0.5, 0.6) is 0 Å². The second kappa shape index (κ2) is 11.3. The SMILES string of the molecule is CNC(=O)[C@H](C)N(CCc1ccccc1)C(=O)CSCc1ccc(Cl)cc1Cl. The molecule has 1 N–H and O–H groups in total. The Morgan fingerprint density at radius 2 is 1.86 bits per heavy atom. The third-order valence-corrected chi connectivity index (χ3v) is 5.95. The number of carbonyl (C=O) groups is 2. The minimum atomic E-state index is -0.527. The summed E-state index contributed by atoms with van der Waals surface area (Å²) in [5.41, 5.74) is 2.06. The molecule has 2 amide bonds. The Hall–Kier alpha value is -1.69. The average molecular weight is 439 g/mol. The first-order valence-corrected chi connectivity index (χ1v) is 10.9. The number of benzene rings is 2. The number of rotatable bonds is 9. The van der Waals surface area contributed by atoms with Crippen LogP contribution in [0.3, 0.4) is 0 Å². The van der Waals surface area contributed by atoms with E-state index in [0.29, 0.717) is 28.8 Å². The van der Waals surface area contributed by atoms with Gasteiger partial charge >= 0.3 is 0 Å². The molecule has 0 heterocycles. The van der Waals surface area contributed by atoms with Crippen LogP contribution in [-0.4, -0.2) is 42.1 Å². The molecular formula is C21H24Cl2N2O2S. The van der Waals surface area contributed by atoms with Gasteiger partial charge in [-0.2, -0.15) is 0 Å². The Morgan fingerprint density at radius 3 is 2.50 bits per heavy atom. The van der Waals surface area contributed by atoms with Crippen LogP contribution >= 0.6 is 35.0 Å². The summed E-state index contributed by atoms with van der Waals surface area (Å²) < 4.78 is 0. The molecule has 2 rings (SSSR count). The zero-order valence-corrected chi connectivity index (χ0v) is 18.3. The van der Waals surface area contributed by atoms with Gasteiger partial charge in [-0.1, -0.05) is 59.6 Å². The van der Waals surface area contributed by atoms with Crippen molar-refractivity contribution in [2.75, 3.05) is 19.3 Å². The Balaban J connectivity index is 1.98. The summed E-state index contributed by atoms with van der Waals surface area (Å²) in [6, 6.07) is 14.7. The fourth-order valence-corrected chi connectivity index (χ4v) is 4.22. The number of carbonyl (C=O) groups excluding carboxylic acids is 2. The lowest BCUT2D eigenvalue weighted by Gasteiger charge is -2.28. The van der Waals surface area contributed by atoms with Gasteiger partial charge in [0.1, 0.15) is 6.04 Å². The molecule has 2 aromatic rings. The van der Waals surface area contributed by atoms with Crippen LogP contribution in [0.2, 0.25) is 10.0 Å². The lowest BCUT2D eigenvalue weighted by molar-refractivity contribution is -0.137. The number of amides is 2. The molecule has 2 aromatic carbocycles. The Labute approximate surface area is 180 Å². The van der Waals surface area contributed by atoms with Crippen molar-refractivity contribution in [2.45, 2.75) is 25.1 Å². The molecule has 7 heteroatoms. The van der Waals surface area contributed by atoms with Gasteiger partial charge in [0.2, 0.25) is 11.8 Å². The van der Waals surface area contributed by atoms with E-state index in [1.54, 1.807) is 31.0 Å². The summed E-state index contributed by atoms with van der Waals surface area (Å²) in [6.45, 7) is 2.24. The predicted molar refractivity (Wildman–Crippen MR) is 118 cm³/mol. The van der Waals surface area contributed by atoms with Gasteiger partial charge in [0, 0.05) is 29.4 Å². The third-order valence-electron chi connectivity index (χ3n) is 4.40. The number of nitrogens with one attached hydrogen (secondary N) is 1. The number of halogens is 2. The number of thioether (sulfide) groups is 1. The maximum Gasteiger partial charge on any atom is 0.242 e. The van der Waals surface area contributed by atoms with Crippen molar-refractivity contribution in [3.8, 4) is 0 Å². The van der Waals surface area contributed by atoms with E-state index in [0.717, 1.165) is 11.1 Å². The van der Waals surface area contributed by atoms with Gasteiger partial charge in [-0.05, 0) is 36.6 Å². The highest BCUT2D eigenvalue weighted by Crippen LogP contribution is 2.25. The number of hydrogen-bond acceptors (Lipinski definition) is 3. The first-order valence-electron chi connectivity index (χ1n) is 8.99. The predicted octanol–water partition coefficient (Wildman–Crippen LogP) is 4.43. The molecule has 28 heavy (non-hydrogen) atoms. The molecule has 0 radical (unpaired) electrons. The third kappa shape index (κ3) is 6.73. The molecule has 0 saturated heterocycles. The van der Waals surface area contributed by atoms with Gasteiger partial charge < -0.3 is 10.2 Å². The Kier molecular flexibility index (Phi) is 9.16. The molecule has 0 aliphatic rings. The molecule has 0 unspecified atom stereocenters. The highest BCUT2D eigenvalue weighted by molar-refractivity contribution is 7.99. The summed E-state index contributed by atoms with van der Waals surface area (Å²) in [4.78, 5) is 26.6. The van der Waals surface area contributed by atoms with E-state index in [-0.39, 0.29) is 17.6 Å². The van der Waals surface area contributed by atoms with E-state index in [1.165, 1.54) is 11.8 Å². The number of nitrogens with zero attached hydrogens (tertiary/aromatic N) is 1. The highest BCUT2D eigenvalue weighted by atomic mass is 35.5. The van der Waals surface area contributed by atoms with Crippen LogP contribution in [-0.2, 0) is 21.8 Å². The summed E-state index contributed by atoms with van der Waals surface area (Å²) >= 11 is 13.6. The standard InChI is InChI=1S/C21H24Cl2N2O2S/c1-15(21(27)24-2)25(11-10-16-6-4-3-5-7-16)20(26)14-28-13-17-8-9-18(22)12-19(17)23/h3-9,12,15H,10-11,13-14H2,1-2H3,(H,24,27)/t15-/m0/s1. The molecule has 0 fully saturated rings. The smallest absolute Gasteiger partial charge is 0.242 e. The van der Waals surface area contributed by atoms with E-state index in [2.05, 4.69) is 5.32 Å². The van der Waals surface area contributed by atoms with Crippen LogP contribution in [0.4, 0.5) is 0 Å². The highest BCUT2D eigenvalue weighted by Gasteiger charge is 2.24. The molecule has 0 spiro atoms. The maximum absolute atomic E-state index is 12.8. The summed E-state index contributed by atoms with van der Waals surface area (Å²) in [6.07, 6.45) is 0.696. The number of hydrogen-bond donors (Lipinski definition) is 1. The first kappa shape index (κ1) is 22.6. The van der Waals surface area contributed by atoms with Gasteiger partial charge in [-0.15, -0.1) is 11.8 Å². The molecule has 0 saturated carbocycles. The molecule has 0 bridgehead atoms. The van der Waals surface area contributed by atoms with Crippen molar-refractivity contribution in [3.05, 3.63) is 69.7 Å². The summed E-state index contributed by atoms with van der Waals surface area (Å²) in [7, 11) is 1.58. The van der Waals surface area contributed by atoms with Crippen molar-refractivity contribution >= 4 is 46.8 Å². The van der Waals surface area contributed by atoms with Gasteiger partial charge in [0.15, 0.2) is 0 Å². The molecular weight excluding hydrogens is 415 g/mol. The lowest BCUT2D eigenvalue weighted by atomic mass is 10.1. The molecule has 1 atom stereocenters. The van der Waals surface area contributed by atoms with Crippen LogP contribution in [0, 0.1) is 0 Å². The van der Waals surface area contributed by atoms with Crippen molar-refractivity contribution in [3.63, 3.8) is 0 Å². The Morgan fingerprint density at radius 1 is 1.14 bits per heavy atom. The summed E-state index contributed by atoms with van der Waals surface area (Å²) in [5.74, 6) is 0.631. The van der Waals surface area contributed by atoms with Gasteiger partial charge in [0.25, 0.3) is 0 Å². The lowest BCUT2D eigenvalue weighted by Crippen LogP contribution is -2.48. The first-order chi connectivity index (χ1) is 13.4. The largest absolute Gasteiger partial charge is 0.357 e. The van der Waals surface area contributed by atoms with Crippen molar-refractivity contribution < 1.29 is 9.59 Å². The van der Waals surface area contributed by atoms with Crippen molar-refractivity contribution in [1.29, 1.82) is 0 Å². The van der Waals surface area contributed by atoms with Gasteiger partial charge in [-0.3, -0.25) is 9.59 Å². The average Bonchev–Trinajstić information content (AvgIpc) is 2.69. The molecule has 0 aromatic heterocycles. The molecule has 150 valence electrons. The van der Waals surface area contributed by atoms with Crippen LogP contribution in [0.25, 0.3) is 0 Å². The van der Waals surface area contributed by atoms with E-state index in [9.17, 15) is 9.59 Å². The number of likely N-dealkylation sites (N-methyl/N-ethyl adjacent to an activating group) is 1. The van der Waals surface area contributed by atoms with Gasteiger partial charge in [-0.25, -0.2) is 0 Å².